The molecule has 152 valence electrons. The number of aryl methyl sites for hydroxylation is 1. The first kappa shape index (κ1) is 19.8. The van der Waals surface area contributed by atoms with E-state index in [2.05, 4.69) is 15.6 Å². The van der Waals surface area contributed by atoms with Crippen molar-refractivity contribution in [3.8, 4) is 17.2 Å². The van der Waals surface area contributed by atoms with Crippen molar-refractivity contribution in [3.63, 3.8) is 0 Å². The van der Waals surface area contributed by atoms with Crippen LogP contribution in [0.25, 0.3) is 11.0 Å². The van der Waals surface area contributed by atoms with Crippen molar-refractivity contribution in [1.82, 2.24) is 9.55 Å². The monoisotopic (exact) mass is 400 g/mol. The van der Waals surface area contributed by atoms with Crippen LogP contribution in [-0.2, 0) is 7.05 Å². The van der Waals surface area contributed by atoms with Gasteiger partial charge in [-0.15, -0.1) is 0 Å². The topological polar surface area (TPSA) is 124 Å². The fourth-order valence-electron chi connectivity index (χ4n) is 2.98. The van der Waals surface area contributed by atoms with E-state index in [1.165, 1.54) is 33.7 Å². The van der Waals surface area contributed by atoms with Gasteiger partial charge in [0.15, 0.2) is 11.5 Å². The summed E-state index contributed by atoms with van der Waals surface area (Å²) in [5, 5.41) is 14.7. The van der Waals surface area contributed by atoms with Gasteiger partial charge in [0.1, 0.15) is 0 Å². The number of fused-ring (bicyclic) bond motifs is 1. The third-order valence-electron chi connectivity index (χ3n) is 4.22. The zero-order valence-electron chi connectivity index (χ0n) is 16.3. The van der Waals surface area contributed by atoms with E-state index in [4.69, 9.17) is 14.2 Å². The standard InChI is InChI=1S/C19H20N4O6/c1-23-9-20-13-6-10(5-12(16(13)23)18(24)25)21-19(26)22-11-7-14(27-2)17(29-4)15(8-11)28-3/h5-9H,1-4H3,(H,24,25)(H2,21,22,26). The molecular formula is C19H20N4O6. The molecule has 0 bridgehead atoms. The smallest absolute Gasteiger partial charge is 0.337 e. The van der Waals surface area contributed by atoms with E-state index >= 15 is 0 Å². The van der Waals surface area contributed by atoms with Crippen molar-refractivity contribution in [2.24, 2.45) is 7.05 Å². The Balaban J connectivity index is 1.87. The number of anilines is 2. The van der Waals surface area contributed by atoms with Gasteiger partial charge in [-0.05, 0) is 12.1 Å². The van der Waals surface area contributed by atoms with E-state index in [9.17, 15) is 14.7 Å². The highest BCUT2D eigenvalue weighted by Gasteiger charge is 2.17. The van der Waals surface area contributed by atoms with Crippen LogP contribution in [-0.4, -0.2) is 48.0 Å². The maximum Gasteiger partial charge on any atom is 0.337 e. The van der Waals surface area contributed by atoms with Crippen LogP contribution in [0.5, 0.6) is 17.2 Å². The first-order valence-corrected chi connectivity index (χ1v) is 8.44. The number of aromatic nitrogens is 2. The summed E-state index contributed by atoms with van der Waals surface area (Å²) >= 11 is 0. The summed E-state index contributed by atoms with van der Waals surface area (Å²) in [4.78, 5) is 28.2. The van der Waals surface area contributed by atoms with E-state index in [1.54, 1.807) is 29.8 Å². The van der Waals surface area contributed by atoms with Gasteiger partial charge < -0.3 is 34.5 Å². The van der Waals surface area contributed by atoms with Gasteiger partial charge in [0.2, 0.25) is 5.75 Å². The molecule has 0 saturated heterocycles. The number of amides is 2. The highest BCUT2D eigenvalue weighted by molar-refractivity contribution is 6.06. The lowest BCUT2D eigenvalue weighted by Crippen LogP contribution is -2.20. The number of urea groups is 1. The molecule has 0 atom stereocenters. The van der Waals surface area contributed by atoms with E-state index in [1.807, 2.05) is 0 Å². The number of carbonyl (C=O) groups is 2. The Bertz CT molecular complexity index is 1070. The average molecular weight is 400 g/mol. The number of aromatic carboxylic acids is 1. The Morgan fingerprint density at radius 1 is 0.966 bits per heavy atom. The Hall–Kier alpha value is -3.95. The van der Waals surface area contributed by atoms with E-state index < -0.39 is 12.0 Å². The molecule has 1 heterocycles. The van der Waals surface area contributed by atoms with Gasteiger partial charge >= 0.3 is 12.0 Å². The molecule has 3 rings (SSSR count). The summed E-state index contributed by atoms with van der Waals surface area (Å²) in [7, 11) is 6.12. The summed E-state index contributed by atoms with van der Waals surface area (Å²) in [6.07, 6.45) is 1.51. The molecule has 2 amide bonds. The number of nitrogens with one attached hydrogen (secondary N) is 2. The lowest BCUT2D eigenvalue weighted by Gasteiger charge is -2.15. The second kappa shape index (κ2) is 7.97. The molecule has 0 fully saturated rings. The Morgan fingerprint density at radius 2 is 1.55 bits per heavy atom. The minimum atomic E-state index is -1.12. The minimum Gasteiger partial charge on any atom is -0.493 e. The molecule has 0 spiro atoms. The first-order chi connectivity index (χ1) is 13.9. The van der Waals surface area contributed by atoms with E-state index in [0.29, 0.717) is 39.7 Å². The SMILES string of the molecule is COc1cc(NC(=O)Nc2cc(C(=O)O)c3c(c2)ncn3C)cc(OC)c1OC. The number of benzene rings is 2. The van der Waals surface area contributed by atoms with Crippen LogP contribution in [0.1, 0.15) is 10.4 Å². The van der Waals surface area contributed by atoms with Crippen LogP contribution in [0, 0.1) is 0 Å². The average Bonchev–Trinajstić information content (AvgIpc) is 3.06. The molecule has 1 aromatic heterocycles. The highest BCUT2D eigenvalue weighted by Crippen LogP contribution is 2.40. The van der Waals surface area contributed by atoms with Crippen LogP contribution in [0.3, 0.4) is 0 Å². The van der Waals surface area contributed by atoms with Crippen LogP contribution >= 0.6 is 0 Å². The van der Waals surface area contributed by atoms with Crippen molar-refractivity contribution in [1.29, 1.82) is 0 Å². The number of nitrogens with zero attached hydrogens (tertiary/aromatic N) is 2. The number of carbonyl (C=O) groups excluding carboxylic acids is 1. The molecule has 0 radical (unpaired) electrons. The Morgan fingerprint density at radius 3 is 2.07 bits per heavy atom. The predicted molar refractivity (Wildman–Crippen MR) is 106 cm³/mol. The van der Waals surface area contributed by atoms with Crippen molar-refractivity contribution < 1.29 is 28.9 Å². The van der Waals surface area contributed by atoms with Crippen LogP contribution in [0.2, 0.25) is 0 Å². The maximum absolute atomic E-state index is 12.4. The fourth-order valence-corrected chi connectivity index (χ4v) is 2.98. The zero-order chi connectivity index (χ0) is 21.1. The van der Waals surface area contributed by atoms with E-state index in [-0.39, 0.29) is 5.56 Å². The second-order valence-corrected chi connectivity index (χ2v) is 6.05. The molecule has 0 saturated carbocycles. The third-order valence-corrected chi connectivity index (χ3v) is 4.22. The summed E-state index contributed by atoms with van der Waals surface area (Å²) < 4.78 is 17.4. The van der Waals surface area contributed by atoms with Gasteiger partial charge in [-0.3, -0.25) is 0 Å². The molecule has 0 unspecified atom stereocenters. The predicted octanol–water partition coefficient (Wildman–Crippen LogP) is 2.94. The van der Waals surface area contributed by atoms with Gasteiger partial charge in [0, 0.05) is 24.9 Å². The third kappa shape index (κ3) is 3.86. The Labute approximate surface area is 166 Å². The number of methoxy groups -OCH3 is 3. The van der Waals surface area contributed by atoms with Crippen molar-refractivity contribution in [3.05, 3.63) is 36.2 Å². The highest BCUT2D eigenvalue weighted by atomic mass is 16.5. The second-order valence-electron chi connectivity index (χ2n) is 6.05. The molecule has 10 nitrogen and oxygen atoms in total. The number of hydrogen-bond donors (Lipinski definition) is 3. The zero-order valence-corrected chi connectivity index (χ0v) is 16.3. The van der Waals surface area contributed by atoms with Crippen molar-refractivity contribution in [2.45, 2.75) is 0 Å². The lowest BCUT2D eigenvalue weighted by atomic mass is 10.1. The molecule has 2 aromatic carbocycles. The molecule has 3 N–H and O–H groups in total. The number of rotatable bonds is 6. The molecule has 3 aromatic rings. The van der Waals surface area contributed by atoms with Crippen molar-refractivity contribution in [2.75, 3.05) is 32.0 Å². The summed E-state index contributed by atoms with van der Waals surface area (Å²) in [5.74, 6) is 0.0374. The number of hydrogen-bond acceptors (Lipinski definition) is 6. The maximum atomic E-state index is 12.4. The van der Waals surface area contributed by atoms with Crippen LogP contribution in [0.15, 0.2) is 30.6 Å². The normalized spacial score (nSPS) is 10.5. The lowest BCUT2D eigenvalue weighted by molar-refractivity contribution is 0.0698. The van der Waals surface area contributed by atoms with Gasteiger partial charge in [-0.25, -0.2) is 14.6 Å². The fraction of sp³-hybridized carbons (Fsp3) is 0.211. The number of ether oxygens (including phenoxy) is 3. The van der Waals surface area contributed by atoms with E-state index in [0.717, 1.165) is 0 Å². The van der Waals surface area contributed by atoms with Gasteiger partial charge in [-0.1, -0.05) is 0 Å². The summed E-state index contributed by atoms with van der Waals surface area (Å²) in [6, 6.07) is 5.54. The number of carboxylic acid groups (broad SMARTS) is 1. The Kier molecular flexibility index (Phi) is 5.44. The van der Waals surface area contributed by atoms with Gasteiger partial charge in [0.05, 0.1) is 49.9 Å². The summed E-state index contributed by atoms with van der Waals surface area (Å²) in [5.41, 5.74) is 1.64. The molecule has 0 aliphatic heterocycles. The first-order valence-electron chi connectivity index (χ1n) is 8.44. The number of carboxylic acids is 1. The molecule has 0 aliphatic rings. The molecular weight excluding hydrogens is 380 g/mol. The quantitative estimate of drug-likeness (QED) is 0.581. The molecule has 10 heteroatoms. The van der Waals surface area contributed by atoms with Gasteiger partial charge in [-0.2, -0.15) is 0 Å². The van der Waals surface area contributed by atoms with Crippen LogP contribution in [0.4, 0.5) is 16.2 Å². The van der Waals surface area contributed by atoms with Crippen LogP contribution < -0.4 is 24.8 Å². The van der Waals surface area contributed by atoms with Crippen molar-refractivity contribution >= 4 is 34.4 Å². The van der Waals surface area contributed by atoms with Gasteiger partial charge in [0.25, 0.3) is 0 Å². The minimum absolute atomic E-state index is 0.0329. The largest absolute Gasteiger partial charge is 0.493 e. The summed E-state index contributed by atoms with van der Waals surface area (Å²) in [6.45, 7) is 0. The number of imidazole rings is 1. The molecule has 0 aliphatic carbocycles. The molecule has 29 heavy (non-hydrogen) atoms.